The monoisotopic (exact) mass is 677 g/mol. The second-order valence-corrected chi connectivity index (χ2v) is 12.1. The summed E-state index contributed by atoms with van der Waals surface area (Å²) >= 11 is 4.73. The number of thiazole rings is 1. The maximum absolute atomic E-state index is 14.0. The van der Waals surface area contributed by atoms with Gasteiger partial charge in [0.05, 0.1) is 33.9 Å². The first kappa shape index (κ1) is 30.9. The summed E-state index contributed by atoms with van der Waals surface area (Å²) in [4.78, 5) is 43.0. The number of fused-ring (bicyclic) bond motifs is 1. The van der Waals surface area contributed by atoms with Gasteiger partial charge in [-0.25, -0.2) is 9.79 Å². The average Bonchev–Trinajstić information content (AvgIpc) is 3.29. The first-order chi connectivity index (χ1) is 21.0. The third-order valence-corrected chi connectivity index (χ3v) is 8.26. The van der Waals surface area contributed by atoms with Crippen molar-refractivity contribution in [2.75, 3.05) is 7.11 Å². The summed E-state index contributed by atoms with van der Waals surface area (Å²) in [6.07, 6.45) is 1.38. The lowest BCUT2D eigenvalue weighted by Crippen LogP contribution is -2.40. The molecular formula is C32H28BrN3O7S. The molecule has 0 radical (unpaired) electrons. The molecule has 0 saturated carbocycles. The zero-order chi connectivity index (χ0) is 31.5. The number of nitro benzene ring substituents is 1. The molecule has 0 amide bonds. The molecule has 2 heterocycles. The van der Waals surface area contributed by atoms with Gasteiger partial charge in [-0.2, -0.15) is 0 Å². The Hall–Kier alpha value is -4.55. The van der Waals surface area contributed by atoms with Gasteiger partial charge >= 0.3 is 5.97 Å². The summed E-state index contributed by atoms with van der Waals surface area (Å²) in [5, 5.41) is 10.9. The van der Waals surface area contributed by atoms with E-state index < -0.39 is 16.9 Å². The van der Waals surface area contributed by atoms with Crippen LogP contribution in [0.25, 0.3) is 6.08 Å². The van der Waals surface area contributed by atoms with Crippen molar-refractivity contribution in [1.29, 1.82) is 0 Å². The van der Waals surface area contributed by atoms with Gasteiger partial charge in [0.1, 0.15) is 24.1 Å². The first-order valence-corrected chi connectivity index (χ1v) is 15.2. The number of halogens is 1. The topological polar surface area (TPSA) is 122 Å². The number of non-ortho nitro benzene ring substituents is 1. The van der Waals surface area contributed by atoms with Gasteiger partial charge in [-0.1, -0.05) is 39.4 Å². The molecule has 226 valence electrons. The van der Waals surface area contributed by atoms with Crippen molar-refractivity contribution in [2.45, 2.75) is 39.5 Å². The van der Waals surface area contributed by atoms with Crippen LogP contribution >= 0.6 is 27.3 Å². The molecule has 1 atom stereocenters. The van der Waals surface area contributed by atoms with Gasteiger partial charge in [-0.05, 0) is 80.4 Å². The number of carbonyl (C=O) groups excluding carboxylic acids is 1. The summed E-state index contributed by atoms with van der Waals surface area (Å²) in [5.41, 5.74) is 2.52. The Morgan fingerprint density at radius 3 is 2.59 bits per heavy atom. The van der Waals surface area contributed by atoms with Crippen LogP contribution in [0.15, 0.2) is 92.3 Å². The number of aromatic nitrogens is 1. The maximum Gasteiger partial charge on any atom is 0.338 e. The van der Waals surface area contributed by atoms with Gasteiger partial charge in [0, 0.05) is 22.2 Å². The number of benzene rings is 3. The van der Waals surface area contributed by atoms with Gasteiger partial charge in [0.25, 0.3) is 11.2 Å². The molecule has 1 aliphatic heterocycles. The zero-order valence-corrected chi connectivity index (χ0v) is 26.7. The molecular weight excluding hydrogens is 650 g/mol. The van der Waals surface area contributed by atoms with Crippen molar-refractivity contribution in [3.05, 3.63) is 129 Å². The number of hydrogen-bond donors (Lipinski definition) is 0. The minimum absolute atomic E-state index is 0.0110. The normalized spacial score (nSPS) is 14.7. The van der Waals surface area contributed by atoms with E-state index in [9.17, 15) is 19.7 Å². The van der Waals surface area contributed by atoms with E-state index in [1.165, 1.54) is 35.1 Å². The molecule has 0 aliphatic carbocycles. The molecule has 5 rings (SSSR count). The number of carbonyl (C=O) groups is 1. The highest BCUT2D eigenvalue weighted by molar-refractivity contribution is 9.10. The Morgan fingerprint density at radius 1 is 1.16 bits per heavy atom. The average molecular weight is 679 g/mol. The molecule has 3 aromatic carbocycles. The van der Waals surface area contributed by atoms with Gasteiger partial charge in [0.15, 0.2) is 4.80 Å². The molecule has 0 bridgehead atoms. The van der Waals surface area contributed by atoms with Crippen LogP contribution < -0.4 is 24.4 Å². The van der Waals surface area contributed by atoms with Crippen LogP contribution in [0.4, 0.5) is 5.69 Å². The van der Waals surface area contributed by atoms with E-state index in [1.807, 2.05) is 24.3 Å². The number of nitrogens with zero attached hydrogens (tertiary/aromatic N) is 3. The van der Waals surface area contributed by atoms with E-state index in [4.69, 9.17) is 14.2 Å². The van der Waals surface area contributed by atoms with Crippen LogP contribution in [-0.2, 0) is 16.1 Å². The summed E-state index contributed by atoms with van der Waals surface area (Å²) in [6, 6.07) is 18.0. The molecule has 44 heavy (non-hydrogen) atoms. The van der Waals surface area contributed by atoms with Crippen LogP contribution in [0.1, 0.15) is 43.5 Å². The highest BCUT2D eigenvalue weighted by Gasteiger charge is 2.35. The van der Waals surface area contributed by atoms with E-state index in [0.29, 0.717) is 32.1 Å². The van der Waals surface area contributed by atoms with E-state index in [0.717, 1.165) is 15.6 Å². The van der Waals surface area contributed by atoms with Gasteiger partial charge < -0.3 is 14.2 Å². The lowest BCUT2D eigenvalue weighted by Gasteiger charge is -2.26. The van der Waals surface area contributed by atoms with Crippen LogP contribution in [0, 0.1) is 10.1 Å². The summed E-state index contributed by atoms with van der Waals surface area (Å²) in [5.74, 6) is 0.520. The van der Waals surface area contributed by atoms with Crippen LogP contribution in [0.3, 0.4) is 0 Å². The van der Waals surface area contributed by atoms with Crippen molar-refractivity contribution >= 4 is 45.0 Å². The second kappa shape index (κ2) is 13.0. The maximum atomic E-state index is 14.0. The number of ether oxygens (including phenoxy) is 3. The third-order valence-electron chi connectivity index (χ3n) is 6.78. The Kier molecular flexibility index (Phi) is 9.12. The number of methoxy groups -OCH3 is 1. The Balaban J connectivity index is 1.54. The van der Waals surface area contributed by atoms with Gasteiger partial charge in [-0.15, -0.1) is 0 Å². The second-order valence-electron chi connectivity index (χ2n) is 10.2. The lowest BCUT2D eigenvalue weighted by molar-refractivity contribution is -0.384. The SMILES string of the molecule is COc1ccc(Br)cc1[C@@H]1C(C(=O)OC(C)C)=C(C)N=c2s/c(=C\c3cccc(OCc4ccc([N+](=O)[O-])cc4)c3)c(=O)n21. The predicted octanol–water partition coefficient (Wildman–Crippen LogP) is 5.45. The molecule has 12 heteroatoms. The summed E-state index contributed by atoms with van der Waals surface area (Å²) in [6.45, 7) is 5.48. The number of nitro groups is 1. The number of hydrogen-bond acceptors (Lipinski definition) is 9. The Morgan fingerprint density at radius 2 is 1.91 bits per heavy atom. The number of allylic oxidation sites excluding steroid dienone is 1. The van der Waals surface area contributed by atoms with Crippen LogP contribution in [0.5, 0.6) is 11.5 Å². The summed E-state index contributed by atoms with van der Waals surface area (Å²) in [7, 11) is 1.54. The fraction of sp³-hybridized carbons (Fsp3) is 0.219. The summed E-state index contributed by atoms with van der Waals surface area (Å²) < 4.78 is 19.8. The van der Waals surface area contributed by atoms with E-state index in [1.54, 1.807) is 57.2 Å². The molecule has 1 aliphatic rings. The Bertz CT molecular complexity index is 1960. The smallest absolute Gasteiger partial charge is 0.338 e. The van der Waals surface area contributed by atoms with E-state index in [2.05, 4.69) is 20.9 Å². The Labute approximate surface area is 264 Å². The largest absolute Gasteiger partial charge is 0.496 e. The first-order valence-electron chi connectivity index (χ1n) is 13.6. The van der Waals surface area contributed by atoms with Crippen LogP contribution in [-0.4, -0.2) is 28.7 Å². The van der Waals surface area contributed by atoms with Crippen LogP contribution in [0.2, 0.25) is 0 Å². The standard InChI is InChI=1S/C32H28BrN3O7S/c1-18(2)43-31(38)28-19(3)34-32-35(29(28)25-16-22(33)10-13-26(25)41-4)30(37)27(44-32)15-21-6-5-7-24(14-21)42-17-20-8-11-23(12-9-20)36(39)40/h5-16,18,29H,17H2,1-4H3/b27-15-/t29-/m1/s1. The van der Waals surface area contributed by atoms with Crippen molar-refractivity contribution < 1.29 is 23.9 Å². The fourth-order valence-corrected chi connectivity index (χ4v) is 6.22. The van der Waals surface area contributed by atoms with Crippen molar-refractivity contribution in [2.24, 2.45) is 4.99 Å². The quantitative estimate of drug-likeness (QED) is 0.131. The minimum atomic E-state index is -0.830. The minimum Gasteiger partial charge on any atom is -0.496 e. The molecule has 0 N–H and O–H groups in total. The number of rotatable bonds is 9. The highest BCUT2D eigenvalue weighted by Crippen LogP contribution is 2.37. The molecule has 0 fully saturated rings. The third kappa shape index (κ3) is 6.51. The molecule has 0 spiro atoms. The molecule has 0 saturated heterocycles. The predicted molar refractivity (Wildman–Crippen MR) is 170 cm³/mol. The van der Waals surface area contributed by atoms with Gasteiger partial charge in [-0.3, -0.25) is 19.5 Å². The zero-order valence-electron chi connectivity index (χ0n) is 24.3. The molecule has 4 aromatic rings. The van der Waals surface area contributed by atoms with E-state index >= 15 is 0 Å². The molecule has 0 unspecified atom stereocenters. The highest BCUT2D eigenvalue weighted by atomic mass is 79.9. The number of esters is 1. The molecule has 10 nitrogen and oxygen atoms in total. The van der Waals surface area contributed by atoms with E-state index in [-0.39, 0.29) is 29.5 Å². The lowest BCUT2D eigenvalue weighted by atomic mass is 9.95. The van der Waals surface area contributed by atoms with Crippen molar-refractivity contribution in [1.82, 2.24) is 4.57 Å². The van der Waals surface area contributed by atoms with Gasteiger partial charge in [0.2, 0.25) is 0 Å². The van der Waals surface area contributed by atoms with Crippen molar-refractivity contribution in [3.8, 4) is 11.5 Å². The molecule has 1 aromatic heterocycles. The van der Waals surface area contributed by atoms with Crippen molar-refractivity contribution in [3.63, 3.8) is 0 Å². The fourth-order valence-electron chi connectivity index (χ4n) is 4.80.